The van der Waals surface area contributed by atoms with Gasteiger partial charge in [-0.1, -0.05) is 18.9 Å². The molecule has 2 unspecified atom stereocenters. The Morgan fingerprint density at radius 2 is 2.21 bits per heavy atom. The van der Waals surface area contributed by atoms with E-state index in [1.54, 1.807) is 6.20 Å². The summed E-state index contributed by atoms with van der Waals surface area (Å²) in [5, 5.41) is 9.38. The molecule has 1 saturated carbocycles. The van der Waals surface area contributed by atoms with Crippen LogP contribution in [0.25, 0.3) is 0 Å². The predicted molar refractivity (Wildman–Crippen MR) is 76.7 cm³/mol. The van der Waals surface area contributed by atoms with E-state index in [1.165, 1.54) is 25.7 Å². The van der Waals surface area contributed by atoms with Gasteiger partial charge in [0, 0.05) is 31.0 Å². The van der Waals surface area contributed by atoms with E-state index in [2.05, 4.69) is 16.0 Å². The molecule has 0 amide bonds. The third-order valence-electron chi connectivity index (χ3n) is 4.03. The van der Waals surface area contributed by atoms with Gasteiger partial charge in [0.05, 0.1) is 12.6 Å². The molecule has 2 atom stereocenters. The zero-order valence-electron chi connectivity index (χ0n) is 11.7. The van der Waals surface area contributed by atoms with Gasteiger partial charge >= 0.3 is 0 Å². The fourth-order valence-electron chi connectivity index (χ4n) is 3.25. The van der Waals surface area contributed by atoms with Gasteiger partial charge < -0.3 is 10.8 Å². The molecule has 3 N–H and O–H groups in total. The maximum atomic E-state index is 9.38. The molecule has 106 valence electrons. The summed E-state index contributed by atoms with van der Waals surface area (Å²) in [6.07, 6.45) is 8.67. The zero-order chi connectivity index (χ0) is 13.7. The number of hydrogen-bond acceptors (Lipinski definition) is 4. The highest BCUT2D eigenvalue weighted by molar-refractivity contribution is 5.16. The minimum atomic E-state index is 0.0244. The molecule has 0 aliphatic heterocycles. The summed E-state index contributed by atoms with van der Waals surface area (Å²) in [4.78, 5) is 6.60. The van der Waals surface area contributed by atoms with Gasteiger partial charge in [0.25, 0.3) is 0 Å². The van der Waals surface area contributed by atoms with Crippen molar-refractivity contribution in [2.45, 2.75) is 50.7 Å². The lowest BCUT2D eigenvalue weighted by Crippen LogP contribution is -2.45. The van der Waals surface area contributed by atoms with Crippen LogP contribution >= 0.6 is 0 Å². The topological polar surface area (TPSA) is 62.4 Å². The molecule has 1 aliphatic carbocycles. The van der Waals surface area contributed by atoms with Crippen LogP contribution in [0.4, 0.5) is 0 Å². The molecular formula is C15H25N3O. The van der Waals surface area contributed by atoms with Gasteiger partial charge in [0.1, 0.15) is 0 Å². The molecule has 4 heteroatoms. The van der Waals surface area contributed by atoms with Crippen molar-refractivity contribution < 1.29 is 5.11 Å². The minimum absolute atomic E-state index is 0.0244. The van der Waals surface area contributed by atoms with Gasteiger partial charge in [0.15, 0.2) is 0 Å². The minimum Gasteiger partial charge on any atom is -0.395 e. The highest BCUT2D eigenvalue weighted by Crippen LogP contribution is 2.32. The maximum Gasteiger partial charge on any atom is 0.0558 e. The van der Waals surface area contributed by atoms with E-state index >= 15 is 0 Å². The normalized spacial score (nSPS) is 19.8. The molecule has 0 aromatic carbocycles. The number of aliphatic hydroxyl groups excluding tert-OH is 1. The van der Waals surface area contributed by atoms with Crippen LogP contribution in [0.3, 0.4) is 0 Å². The summed E-state index contributed by atoms with van der Waals surface area (Å²) in [7, 11) is 0. The molecule has 4 nitrogen and oxygen atoms in total. The van der Waals surface area contributed by atoms with Gasteiger partial charge in [-0.3, -0.25) is 9.88 Å². The van der Waals surface area contributed by atoms with Crippen LogP contribution in [0.2, 0.25) is 0 Å². The lowest BCUT2D eigenvalue weighted by atomic mass is 9.98. The van der Waals surface area contributed by atoms with Crippen molar-refractivity contribution >= 4 is 0 Å². The Kier molecular flexibility index (Phi) is 5.31. The summed E-state index contributed by atoms with van der Waals surface area (Å²) in [5.74, 6) is 0. The SMILES string of the molecule is CC(N)C(c1cccnc1)N(CCO)C1CCCC1. The average Bonchev–Trinajstić information content (AvgIpc) is 2.93. The molecule has 0 radical (unpaired) electrons. The Labute approximate surface area is 115 Å². The monoisotopic (exact) mass is 263 g/mol. The lowest BCUT2D eigenvalue weighted by Gasteiger charge is -2.38. The predicted octanol–water partition coefficient (Wildman–Crippen LogP) is 1.71. The van der Waals surface area contributed by atoms with Crippen molar-refractivity contribution in [3.8, 4) is 0 Å². The second-order valence-electron chi connectivity index (χ2n) is 5.49. The second-order valence-corrected chi connectivity index (χ2v) is 5.49. The van der Waals surface area contributed by atoms with Gasteiger partial charge in [-0.05, 0) is 31.4 Å². The van der Waals surface area contributed by atoms with E-state index in [4.69, 9.17) is 5.73 Å². The summed E-state index contributed by atoms with van der Waals surface area (Å²) >= 11 is 0. The van der Waals surface area contributed by atoms with Crippen molar-refractivity contribution in [1.82, 2.24) is 9.88 Å². The van der Waals surface area contributed by atoms with Crippen LogP contribution < -0.4 is 5.73 Å². The fourth-order valence-corrected chi connectivity index (χ4v) is 3.25. The Morgan fingerprint density at radius 1 is 1.47 bits per heavy atom. The summed E-state index contributed by atoms with van der Waals surface area (Å²) in [5.41, 5.74) is 7.37. The van der Waals surface area contributed by atoms with E-state index in [9.17, 15) is 5.11 Å². The standard InChI is InChI=1S/C15H25N3O/c1-12(16)15(13-5-4-8-17-11-13)18(9-10-19)14-6-2-3-7-14/h4-5,8,11-12,14-15,19H,2-3,6-7,9-10,16H2,1H3. The van der Waals surface area contributed by atoms with Gasteiger partial charge in [-0.2, -0.15) is 0 Å². The largest absolute Gasteiger partial charge is 0.395 e. The van der Waals surface area contributed by atoms with Gasteiger partial charge in [-0.25, -0.2) is 0 Å². The summed E-state index contributed by atoms with van der Waals surface area (Å²) in [6, 6.07) is 4.75. The van der Waals surface area contributed by atoms with Crippen LogP contribution in [0.1, 0.15) is 44.2 Å². The zero-order valence-corrected chi connectivity index (χ0v) is 11.7. The molecule has 1 aromatic heterocycles. The first kappa shape index (κ1) is 14.4. The van der Waals surface area contributed by atoms with Crippen LogP contribution in [0, 0.1) is 0 Å². The van der Waals surface area contributed by atoms with Crippen molar-refractivity contribution in [3.63, 3.8) is 0 Å². The van der Waals surface area contributed by atoms with E-state index in [0.29, 0.717) is 12.6 Å². The molecule has 1 aliphatic rings. The number of aromatic nitrogens is 1. The average molecular weight is 263 g/mol. The Balaban J connectivity index is 2.23. The summed E-state index contributed by atoms with van der Waals surface area (Å²) in [6.45, 7) is 2.91. The second kappa shape index (κ2) is 6.98. The number of rotatable bonds is 6. The van der Waals surface area contributed by atoms with E-state index < -0.39 is 0 Å². The summed E-state index contributed by atoms with van der Waals surface area (Å²) < 4.78 is 0. The van der Waals surface area contributed by atoms with Crippen molar-refractivity contribution in [2.75, 3.05) is 13.2 Å². The molecule has 2 rings (SSSR count). The molecule has 0 bridgehead atoms. The number of aliphatic hydroxyl groups is 1. The van der Waals surface area contributed by atoms with Gasteiger partial charge in [0.2, 0.25) is 0 Å². The fraction of sp³-hybridized carbons (Fsp3) is 0.667. The van der Waals surface area contributed by atoms with Crippen LogP contribution in [-0.4, -0.2) is 40.2 Å². The lowest BCUT2D eigenvalue weighted by molar-refractivity contribution is 0.0920. The van der Waals surface area contributed by atoms with Crippen molar-refractivity contribution in [3.05, 3.63) is 30.1 Å². The van der Waals surface area contributed by atoms with E-state index in [0.717, 1.165) is 5.56 Å². The third-order valence-corrected chi connectivity index (χ3v) is 4.03. The number of nitrogens with zero attached hydrogens (tertiary/aromatic N) is 2. The van der Waals surface area contributed by atoms with Crippen molar-refractivity contribution in [2.24, 2.45) is 5.73 Å². The van der Waals surface area contributed by atoms with Crippen LogP contribution in [0.5, 0.6) is 0 Å². The highest BCUT2D eigenvalue weighted by Gasteiger charge is 2.31. The first-order valence-electron chi connectivity index (χ1n) is 7.26. The molecule has 1 aromatic rings. The molecular weight excluding hydrogens is 238 g/mol. The first-order valence-corrected chi connectivity index (χ1v) is 7.26. The Bertz CT molecular complexity index is 363. The maximum absolute atomic E-state index is 9.38. The molecule has 0 spiro atoms. The third kappa shape index (κ3) is 3.53. The number of hydrogen-bond donors (Lipinski definition) is 2. The molecule has 1 fully saturated rings. The van der Waals surface area contributed by atoms with E-state index in [-0.39, 0.29) is 18.7 Å². The van der Waals surface area contributed by atoms with Crippen LogP contribution in [0.15, 0.2) is 24.5 Å². The Morgan fingerprint density at radius 3 is 2.74 bits per heavy atom. The molecule has 19 heavy (non-hydrogen) atoms. The van der Waals surface area contributed by atoms with E-state index in [1.807, 2.05) is 19.2 Å². The van der Waals surface area contributed by atoms with Crippen molar-refractivity contribution in [1.29, 1.82) is 0 Å². The first-order chi connectivity index (χ1) is 9.24. The quantitative estimate of drug-likeness (QED) is 0.820. The number of nitrogens with two attached hydrogens (primary N) is 1. The van der Waals surface area contributed by atoms with Crippen LogP contribution in [-0.2, 0) is 0 Å². The Hall–Kier alpha value is -0.970. The smallest absolute Gasteiger partial charge is 0.0558 e. The molecule has 1 heterocycles. The highest BCUT2D eigenvalue weighted by atomic mass is 16.3. The van der Waals surface area contributed by atoms with Gasteiger partial charge in [-0.15, -0.1) is 0 Å². The number of pyridine rings is 1. The molecule has 0 saturated heterocycles.